The molecule has 1 heterocycles. The summed E-state index contributed by atoms with van der Waals surface area (Å²) in [6.07, 6.45) is 3.35. The lowest BCUT2D eigenvalue weighted by Gasteiger charge is -2.12. The Balaban J connectivity index is 2.98. The first-order valence-electron chi connectivity index (χ1n) is 4.01. The maximum Gasteiger partial charge on any atom is 0.148 e. The number of nitrogens with two attached hydrogens (primary N) is 1. The van der Waals surface area contributed by atoms with E-state index in [1.807, 2.05) is 13.8 Å². The standard InChI is InChI=1S/C9H12N2OS/c1-6(2)12-8-5-11-4-3-7(8)9(10)13/h3-6H,1-2H3,(H2,10,13). The lowest BCUT2D eigenvalue weighted by molar-refractivity contribution is 0.241. The van der Waals surface area contributed by atoms with Crippen molar-refractivity contribution in [1.82, 2.24) is 4.98 Å². The number of pyridine rings is 1. The van der Waals surface area contributed by atoms with Crippen molar-refractivity contribution in [2.24, 2.45) is 5.73 Å². The zero-order valence-corrected chi connectivity index (χ0v) is 8.47. The maximum absolute atomic E-state index is 5.51. The minimum atomic E-state index is 0.0947. The highest BCUT2D eigenvalue weighted by Gasteiger charge is 2.06. The van der Waals surface area contributed by atoms with Crippen molar-refractivity contribution in [1.29, 1.82) is 0 Å². The van der Waals surface area contributed by atoms with Crippen LogP contribution in [0.2, 0.25) is 0 Å². The Morgan fingerprint density at radius 1 is 1.62 bits per heavy atom. The first kappa shape index (κ1) is 9.92. The van der Waals surface area contributed by atoms with Gasteiger partial charge in [0.2, 0.25) is 0 Å². The fourth-order valence-electron chi connectivity index (χ4n) is 0.931. The normalized spacial score (nSPS) is 10.1. The zero-order chi connectivity index (χ0) is 9.84. The lowest BCUT2D eigenvalue weighted by atomic mass is 10.2. The number of rotatable bonds is 3. The number of nitrogens with zero attached hydrogens (tertiary/aromatic N) is 1. The van der Waals surface area contributed by atoms with Gasteiger partial charge in [-0.1, -0.05) is 12.2 Å². The van der Waals surface area contributed by atoms with E-state index >= 15 is 0 Å². The summed E-state index contributed by atoms with van der Waals surface area (Å²) >= 11 is 4.87. The molecular weight excluding hydrogens is 184 g/mol. The minimum Gasteiger partial charge on any atom is -0.489 e. The van der Waals surface area contributed by atoms with E-state index in [9.17, 15) is 0 Å². The quantitative estimate of drug-likeness (QED) is 0.744. The summed E-state index contributed by atoms with van der Waals surface area (Å²) in [6.45, 7) is 3.88. The third-order valence-electron chi connectivity index (χ3n) is 1.41. The summed E-state index contributed by atoms with van der Waals surface area (Å²) < 4.78 is 5.48. The summed E-state index contributed by atoms with van der Waals surface area (Å²) in [5.41, 5.74) is 6.25. The van der Waals surface area contributed by atoms with E-state index in [1.165, 1.54) is 0 Å². The van der Waals surface area contributed by atoms with Gasteiger partial charge in [0.1, 0.15) is 10.7 Å². The van der Waals surface area contributed by atoms with Gasteiger partial charge in [-0.2, -0.15) is 0 Å². The van der Waals surface area contributed by atoms with Gasteiger partial charge in [-0.05, 0) is 19.9 Å². The molecule has 4 heteroatoms. The van der Waals surface area contributed by atoms with E-state index in [0.29, 0.717) is 10.7 Å². The molecule has 0 spiro atoms. The number of aromatic nitrogens is 1. The van der Waals surface area contributed by atoms with Crippen LogP contribution in [0.1, 0.15) is 19.4 Å². The fraction of sp³-hybridized carbons (Fsp3) is 0.333. The molecule has 0 saturated carbocycles. The molecule has 1 aromatic heterocycles. The van der Waals surface area contributed by atoms with E-state index < -0.39 is 0 Å². The predicted octanol–water partition coefficient (Wildman–Crippen LogP) is 1.50. The third-order valence-corrected chi connectivity index (χ3v) is 1.63. The molecule has 0 amide bonds. The van der Waals surface area contributed by atoms with Crippen LogP contribution in [0.4, 0.5) is 0 Å². The van der Waals surface area contributed by atoms with Gasteiger partial charge in [0, 0.05) is 6.20 Å². The molecule has 0 atom stereocenters. The maximum atomic E-state index is 5.51. The summed E-state index contributed by atoms with van der Waals surface area (Å²) in [5, 5.41) is 0. The molecular formula is C9H12N2OS. The Labute approximate surface area is 82.9 Å². The van der Waals surface area contributed by atoms with Gasteiger partial charge in [0.25, 0.3) is 0 Å². The second-order valence-corrected chi connectivity index (χ2v) is 3.34. The second kappa shape index (κ2) is 4.18. The van der Waals surface area contributed by atoms with E-state index in [-0.39, 0.29) is 6.10 Å². The Morgan fingerprint density at radius 3 is 2.85 bits per heavy atom. The molecule has 0 aliphatic carbocycles. The average Bonchev–Trinajstić information content (AvgIpc) is 2.03. The van der Waals surface area contributed by atoms with Gasteiger partial charge in [-0.25, -0.2) is 0 Å². The SMILES string of the molecule is CC(C)Oc1cnccc1C(N)=S. The molecule has 1 rings (SSSR count). The van der Waals surface area contributed by atoms with Crippen molar-refractivity contribution in [2.45, 2.75) is 20.0 Å². The van der Waals surface area contributed by atoms with Crippen LogP contribution >= 0.6 is 12.2 Å². The summed E-state index contributed by atoms with van der Waals surface area (Å²) in [6, 6.07) is 1.75. The average molecular weight is 196 g/mol. The molecule has 0 saturated heterocycles. The van der Waals surface area contributed by atoms with Crippen molar-refractivity contribution in [2.75, 3.05) is 0 Å². The van der Waals surface area contributed by atoms with Gasteiger partial charge in [-0.3, -0.25) is 4.98 Å². The molecule has 0 unspecified atom stereocenters. The van der Waals surface area contributed by atoms with Gasteiger partial charge < -0.3 is 10.5 Å². The fourth-order valence-corrected chi connectivity index (χ4v) is 1.10. The van der Waals surface area contributed by atoms with Crippen molar-refractivity contribution in [3.8, 4) is 5.75 Å². The molecule has 0 fully saturated rings. The molecule has 0 aliphatic rings. The number of hydrogen-bond donors (Lipinski definition) is 1. The van der Waals surface area contributed by atoms with E-state index in [2.05, 4.69) is 4.98 Å². The van der Waals surface area contributed by atoms with E-state index in [4.69, 9.17) is 22.7 Å². The number of hydrogen-bond acceptors (Lipinski definition) is 3. The molecule has 0 aliphatic heterocycles. The van der Waals surface area contributed by atoms with Crippen molar-refractivity contribution < 1.29 is 4.74 Å². The number of ether oxygens (including phenoxy) is 1. The largest absolute Gasteiger partial charge is 0.489 e. The summed E-state index contributed by atoms with van der Waals surface area (Å²) in [4.78, 5) is 4.27. The smallest absolute Gasteiger partial charge is 0.148 e. The second-order valence-electron chi connectivity index (χ2n) is 2.90. The molecule has 1 aromatic rings. The van der Waals surface area contributed by atoms with Crippen LogP contribution in [0.15, 0.2) is 18.5 Å². The Bertz CT molecular complexity index is 312. The predicted molar refractivity (Wildman–Crippen MR) is 55.9 cm³/mol. The highest BCUT2D eigenvalue weighted by Crippen LogP contribution is 2.17. The molecule has 0 aromatic carbocycles. The van der Waals surface area contributed by atoms with Gasteiger partial charge in [0.05, 0.1) is 17.9 Å². The molecule has 0 bridgehead atoms. The van der Waals surface area contributed by atoms with Crippen LogP contribution < -0.4 is 10.5 Å². The monoisotopic (exact) mass is 196 g/mol. The third kappa shape index (κ3) is 2.66. The highest BCUT2D eigenvalue weighted by atomic mass is 32.1. The molecule has 70 valence electrons. The molecule has 2 N–H and O–H groups in total. The highest BCUT2D eigenvalue weighted by molar-refractivity contribution is 7.80. The topological polar surface area (TPSA) is 48.1 Å². The van der Waals surface area contributed by atoms with Crippen LogP contribution in [0.3, 0.4) is 0 Å². The van der Waals surface area contributed by atoms with Gasteiger partial charge in [-0.15, -0.1) is 0 Å². The lowest BCUT2D eigenvalue weighted by Crippen LogP contribution is -2.14. The Kier molecular flexibility index (Phi) is 3.19. The van der Waals surface area contributed by atoms with Crippen molar-refractivity contribution >= 4 is 17.2 Å². The Morgan fingerprint density at radius 2 is 2.31 bits per heavy atom. The van der Waals surface area contributed by atoms with Crippen LogP contribution in [0, 0.1) is 0 Å². The first-order chi connectivity index (χ1) is 6.11. The summed E-state index contributed by atoms with van der Waals surface area (Å²) in [5.74, 6) is 0.644. The number of thiocarbonyl (C=S) groups is 1. The van der Waals surface area contributed by atoms with Gasteiger partial charge in [0.15, 0.2) is 0 Å². The first-order valence-corrected chi connectivity index (χ1v) is 4.42. The zero-order valence-electron chi connectivity index (χ0n) is 7.65. The van der Waals surface area contributed by atoms with Crippen molar-refractivity contribution in [3.05, 3.63) is 24.0 Å². The Hall–Kier alpha value is -1.16. The minimum absolute atomic E-state index is 0.0947. The van der Waals surface area contributed by atoms with Crippen LogP contribution in [-0.4, -0.2) is 16.1 Å². The molecule has 3 nitrogen and oxygen atoms in total. The van der Waals surface area contributed by atoms with Crippen LogP contribution in [0.25, 0.3) is 0 Å². The summed E-state index contributed by atoms with van der Waals surface area (Å²) in [7, 11) is 0. The van der Waals surface area contributed by atoms with Crippen LogP contribution in [0.5, 0.6) is 5.75 Å². The van der Waals surface area contributed by atoms with Gasteiger partial charge >= 0.3 is 0 Å². The van der Waals surface area contributed by atoms with Crippen molar-refractivity contribution in [3.63, 3.8) is 0 Å². The van der Waals surface area contributed by atoms with Crippen LogP contribution in [-0.2, 0) is 0 Å². The molecule has 13 heavy (non-hydrogen) atoms. The van der Waals surface area contributed by atoms with E-state index in [1.54, 1.807) is 18.5 Å². The molecule has 0 radical (unpaired) electrons. The van der Waals surface area contributed by atoms with E-state index in [0.717, 1.165) is 5.56 Å².